The zero-order valence-electron chi connectivity index (χ0n) is 13.6. The van der Waals surface area contributed by atoms with Crippen LogP contribution in [0.3, 0.4) is 0 Å². The third-order valence-electron chi connectivity index (χ3n) is 3.30. The molecule has 0 saturated carbocycles. The Balaban J connectivity index is 3.37. The van der Waals surface area contributed by atoms with Crippen LogP contribution in [0.15, 0.2) is 5.16 Å². The molecule has 120 valence electrons. The van der Waals surface area contributed by atoms with Crippen LogP contribution in [-0.4, -0.2) is 37.3 Å². The Labute approximate surface area is 123 Å². The molecule has 0 bridgehead atoms. The summed E-state index contributed by atoms with van der Waals surface area (Å²) in [5, 5.41) is 15.2. The second-order valence-corrected chi connectivity index (χ2v) is 6.40. The molecule has 5 heteroatoms. The van der Waals surface area contributed by atoms with Gasteiger partial charge in [0.1, 0.15) is 5.84 Å². The number of nitrogens with zero attached hydrogens (tertiary/aromatic N) is 1. The van der Waals surface area contributed by atoms with E-state index >= 15 is 0 Å². The molecule has 0 atom stereocenters. The van der Waals surface area contributed by atoms with E-state index in [9.17, 15) is 0 Å². The first-order valence-electron chi connectivity index (χ1n) is 7.66. The summed E-state index contributed by atoms with van der Waals surface area (Å²) in [4.78, 5) is 0. The summed E-state index contributed by atoms with van der Waals surface area (Å²) < 4.78 is 5.52. The van der Waals surface area contributed by atoms with Crippen molar-refractivity contribution in [1.29, 1.82) is 0 Å². The van der Waals surface area contributed by atoms with Crippen LogP contribution in [0.1, 0.15) is 53.4 Å². The number of hydrogen-bond donors (Lipinski definition) is 3. The third-order valence-corrected chi connectivity index (χ3v) is 3.30. The summed E-state index contributed by atoms with van der Waals surface area (Å²) in [7, 11) is 0. The van der Waals surface area contributed by atoms with Gasteiger partial charge in [-0.25, -0.2) is 0 Å². The van der Waals surface area contributed by atoms with Crippen molar-refractivity contribution in [2.45, 2.75) is 53.4 Å². The van der Waals surface area contributed by atoms with Crippen LogP contribution in [0.2, 0.25) is 0 Å². The zero-order valence-corrected chi connectivity index (χ0v) is 13.6. The summed E-state index contributed by atoms with van der Waals surface area (Å²) in [5.74, 6) is 0.925. The zero-order chi connectivity index (χ0) is 15.4. The molecular formula is C15H33N3O2. The number of oxime groups is 1. The number of hydrogen-bond acceptors (Lipinski definition) is 4. The van der Waals surface area contributed by atoms with Gasteiger partial charge in [0, 0.05) is 18.6 Å². The lowest BCUT2D eigenvalue weighted by Gasteiger charge is -2.22. The fraction of sp³-hybridized carbons (Fsp3) is 0.933. The predicted octanol–water partition coefficient (Wildman–Crippen LogP) is 2.58. The van der Waals surface area contributed by atoms with Crippen LogP contribution in [0.25, 0.3) is 0 Å². The summed E-state index contributed by atoms with van der Waals surface area (Å²) in [6, 6.07) is 0. The Bertz CT molecular complexity index is 266. The first kappa shape index (κ1) is 19.2. The highest BCUT2D eigenvalue weighted by Gasteiger charge is 2.22. The van der Waals surface area contributed by atoms with Gasteiger partial charge in [-0.1, -0.05) is 39.3 Å². The number of amidine groups is 1. The van der Waals surface area contributed by atoms with Gasteiger partial charge < -0.3 is 21.0 Å². The van der Waals surface area contributed by atoms with Crippen molar-refractivity contribution in [2.75, 3.05) is 26.3 Å². The van der Waals surface area contributed by atoms with E-state index in [4.69, 9.17) is 15.7 Å². The Morgan fingerprint density at radius 1 is 1.25 bits per heavy atom. The minimum absolute atomic E-state index is 0.223. The van der Waals surface area contributed by atoms with Crippen molar-refractivity contribution in [3.05, 3.63) is 0 Å². The molecule has 0 unspecified atom stereocenters. The molecule has 0 aliphatic rings. The standard InChI is InChI=1S/C15H33N3O2/c1-13(2)12-20-11-7-10-17-9-6-5-8-15(3,4)14(16)18-19/h13,17,19H,5-12H2,1-4H3,(H2,16,18). The summed E-state index contributed by atoms with van der Waals surface area (Å²) in [6.07, 6.45) is 4.17. The highest BCUT2D eigenvalue weighted by atomic mass is 16.5. The van der Waals surface area contributed by atoms with Crippen molar-refractivity contribution in [1.82, 2.24) is 5.32 Å². The average molecular weight is 287 g/mol. The van der Waals surface area contributed by atoms with E-state index in [1.165, 1.54) is 0 Å². The van der Waals surface area contributed by atoms with Crippen molar-refractivity contribution >= 4 is 5.84 Å². The topological polar surface area (TPSA) is 79.9 Å². The van der Waals surface area contributed by atoms with Crippen LogP contribution in [0.5, 0.6) is 0 Å². The van der Waals surface area contributed by atoms with Crippen molar-refractivity contribution in [3.8, 4) is 0 Å². The van der Waals surface area contributed by atoms with Gasteiger partial charge in [-0.15, -0.1) is 0 Å². The molecule has 20 heavy (non-hydrogen) atoms. The molecule has 0 aromatic carbocycles. The number of unbranched alkanes of at least 4 members (excludes halogenated alkanes) is 1. The van der Waals surface area contributed by atoms with E-state index in [0.717, 1.165) is 52.0 Å². The van der Waals surface area contributed by atoms with E-state index in [1.807, 2.05) is 13.8 Å². The lowest BCUT2D eigenvalue weighted by atomic mass is 9.86. The molecule has 0 fully saturated rings. The van der Waals surface area contributed by atoms with E-state index in [1.54, 1.807) is 0 Å². The van der Waals surface area contributed by atoms with Gasteiger partial charge in [0.15, 0.2) is 0 Å². The maximum Gasteiger partial charge on any atom is 0.144 e. The van der Waals surface area contributed by atoms with Crippen LogP contribution in [0.4, 0.5) is 0 Å². The smallest absolute Gasteiger partial charge is 0.144 e. The van der Waals surface area contributed by atoms with E-state index < -0.39 is 0 Å². The van der Waals surface area contributed by atoms with Gasteiger partial charge in [-0.05, 0) is 38.3 Å². The fourth-order valence-electron chi connectivity index (χ4n) is 1.82. The molecule has 0 radical (unpaired) electrons. The van der Waals surface area contributed by atoms with Gasteiger partial charge >= 0.3 is 0 Å². The lowest BCUT2D eigenvalue weighted by molar-refractivity contribution is 0.108. The normalized spacial score (nSPS) is 13.2. The molecule has 5 nitrogen and oxygen atoms in total. The minimum atomic E-state index is -0.223. The van der Waals surface area contributed by atoms with Crippen LogP contribution in [0, 0.1) is 11.3 Å². The molecule has 0 aromatic heterocycles. The highest BCUT2D eigenvalue weighted by molar-refractivity contribution is 5.85. The summed E-state index contributed by atoms with van der Waals surface area (Å²) in [6.45, 7) is 12.0. The Kier molecular flexibility index (Phi) is 10.5. The summed E-state index contributed by atoms with van der Waals surface area (Å²) >= 11 is 0. The van der Waals surface area contributed by atoms with Crippen LogP contribution >= 0.6 is 0 Å². The van der Waals surface area contributed by atoms with Crippen LogP contribution in [-0.2, 0) is 4.74 Å². The maximum atomic E-state index is 8.69. The van der Waals surface area contributed by atoms with E-state index in [-0.39, 0.29) is 5.41 Å². The Morgan fingerprint density at radius 3 is 2.50 bits per heavy atom. The number of rotatable bonds is 12. The van der Waals surface area contributed by atoms with Crippen LogP contribution < -0.4 is 11.1 Å². The maximum absolute atomic E-state index is 8.69. The van der Waals surface area contributed by atoms with Gasteiger partial charge in [-0.2, -0.15) is 0 Å². The summed E-state index contributed by atoms with van der Waals surface area (Å²) in [5.41, 5.74) is 5.43. The third kappa shape index (κ3) is 10.0. The molecule has 0 amide bonds. The molecule has 0 saturated heterocycles. The van der Waals surface area contributed by atoms with Crippen molar-refractivity contribution in [2.24, 2.45) is 22.2 Å². The molecule has 0 spiro atoms. The monoisotopic (exact) mass is 287 g/mol. The molecule has 0 aliphatic carbocycles. The van der Waals surface area contributed by atoms with Gasteiger partial charge in [-0.3, -0.25) is 0 Å². The van der Waals surface area contributed by atoms with Gasteiger partial charge in [0.2, 0.25) is 0 Å². The number of ether oxygens (including phenoxy) is 1. The quantitative estimate of drug-likeness (QED) is 0.169. The largest absolute Gasteiger partial charge is 0.409 e. The fourth-order valence-corrected chi connectivity index (χ4v) is 1.82. The molecule has 0 aliphatic heterocycles. The van der Waals surface area contributed by atoms with E-state index in [2.05, 4.69) is 24.3 Å². The SMILES string of the molecule is CC(C)COCCCNCCCCC(C)(C)C(N)=NO. The van der Waals surface area contributed by atoms with Crippen molar-refractivity contribution < 1.29 is 9.94 Å². The molecule has 0 aromatic rings. The average Bonchev–Trinajstić information content (AvgIpc) is 2.39. The lowest BCUT2D eigenvalue weighted by Crippen LogP contribution is -2.32. The molecule has 0 heterocycles. The first-order valence-corrected chi connectivity index (χ1v) is 7.66. The first-order chi connectivity index (χ1) is 9.40. The molecule has 0 rings (SSSR count). The Morgan fingerprint density at radius 2 is 1.90 bits per heavy atom. The Hall–Kier alpha value is -0.810. The highest BCUT2D eigenvalue weighted by Crippen LogP contribution is 2.22. The van der Waals surface area contributed by atoms with Crippen molar-refractivity contribution in [3.63, 3.8) is 0 Å². The number of nitrogens with one attached hydrogen (secondary N) is 1. The second-order valence-electron chi connectivity index (χ2n) is 6.40. The second kappa shape index (κ2) is 10.9. The number of nitrogens with two attached hydrogens (primary N) is 1. The molecule has 4 N–H and O–H groups in total. The van der Waals surface area contributed by atoms with Gasteiger partial charge in [0.05, 0.1) is 0 Å². The van der Waals surface area contributed by atoms with Gasteiger partial charge in [0.25, 0.3) is 0 Å². The minimum Gasteiger partial charge on any atom is -0.409 e. The van der Waals surface area contributed by atoms with E-state index in [0.29, 0.717) is 11.8 Å². The predicted molar refractivity (Wildman–Crippen MR) is 84.2 cm³/mol. The molecular weight excluding hydrogens is 254 g/mol.